The zero-order valence-corrected chi connectivity index (χ0v) is 20.0. The van der Waals surface area contributed by atoms with E-state index in [1.54, 1.807) is 6.20 Å². The highest BCUT2D eigenvalue weighted by atomic mass is 32.1. The quantitative estimate of drug-likeness (QED) is 0.538. The second kappa shape index (κ2) is 9.52. The van der Waals surface area contributed by atoms with Gasteiger partial charge in [0.15, 0.2) is 5.13 Å². The van der Waals surface area contributed by atoms with E-state index in [0.29, 0.717) is 17.4 Å². The van der Waals surface area contributed by atoms with Gasteiger partial charge in [-0.3, -0.25) is 4.90 Å². The van der Waals surface area contributed by atoms with Gasteiger partial charge in [-0.1, -0.05) is 11.3 Å². The number of ether oxygens (including phenoxy) is 2. The lowest BCUT2D eigenvalue weighted by atomic mass is 9.72. The van der Waals surface area contributed by atoms with Crippen LogP contribution in [0.15, 0.2) is 30.9 Å². The van der Waals surface area contributed by atoms with Crippen molar-refractivity contribution < 1.29 is 9.47 Å². The molecule has 6 rings (SSSR count). The third-order valence-corrected chi connectivity index (χ3v) is 7.94. The Morgan fingerprint density at radius 1 is 1.06 bits per heavy atom. The molecule has 1 spiro atoms. The van der Waals surface area contributed by atoms with Crippen LogP contribution < -0.4 is 10.1 Å². The molecule has 0 atom stereocenters. The lowest BCUT2D eigenvalue weighted by Crippen LogP contribution is -2.46. The first kappa shape index (κ1) is 21.8. The molecule has 2 saturated heterocycles. The molecule has 10 heteroatoms. The van der Waals surface area contributed by atoms with Gasteiger partial charge in [0.25, 0.3) is 0 Å². The number of nitrogens with zero attached hydrogens (tertiary/aromatic N) is 6. The molecule has 3 aromatic rings. The molecule has 3 aliphatic rings. The molecule has 1 aliphatic carbocycles. The van der Waals surface area contributed by atoms with Crippen molar-refractivity contribution in [3.05, 3.63) is 36.4 Å². The summed E-state index contributed by atoms with van der Waals surface area (Å²) < 4.78 is 11.5. The average Bonchev–Trinajstić information content (AvgIpc) is 3.53. The maximum Gasteiger partial charge on any atom is 0.317 e. The molecule has 3 fully saturated rings. The summed E-state index contributed by atoms with van der Waals surface area (Å²) in [4.78, 5) is 25.8. The number of rotatable bonds is 7. The summed E-state index contributed by atoms with van der Waals surface area (Å²) in [6.07, 6.45) is 14.4. The van der Waals surface area contributed by atoms with E-state index in [1.807, 2.05) is 24.7 Å². The van der Waals surface area contributed by atoms with Crippen molar-refractivity contribution >= 4 is 22.4 Å². The van der Waals surface area contributed by atoms with Crippen molar-refractivity contribution in [2.45, 2.75) is 51.2 Å². The molecule has 178 valence electrons. The van der Waals surface area contributed by atoms with E-state index >= 15 is 0 Å². The second-order valence-electron chi connectivity index (χ2n) is 9.59. The van der Waals surface area contributed by atoms with E-state index in [1.165, 1.54) is 24.2 Å². The Morgan fingerprint density at radius 2 is 1.85 bits per heavy atom. The average molecular weight is 480 g/mol. The Hall–Kier alpha value is -2.69. The van der Waals surface area contributed by atoms with Crippen molar-refractivity contribution in [1.29, 1.82) is 0 Å². The van der Waals surface area contributed by atoms with Crippen LogP contribution in [0, 0.1) is 5.41 Å². The van der Waals surface area contributed by atoms with E-state index in [2.05, 4.69) is 35.1 Å². The first-order valence-electron chi connectivity index (χ1n) is 12.1. The third kappa shape index (κ3) is 4.89. The maximum absolute atomic E-state index is 6.12. The van der Waals surface area contributed by atoms with Crippen LogP contribution in [-0.4, -0.2) is 62.2 Å². The molecule has 9 nitrogen and oxygen atoms in total. The molecule has 34 heavy (non-hydrogen) atoms. The Bertz CT molecular complexity index is 1100. The fraction of sp³-hybridized carbons (Fsp3) is 0.542. The molecule has 2 aliphatic heterocycles. The van der Waals surface area contributed by atoms with Gasteiger partial charge in [-0.25, -0.2) is 19.9 Å². The van der Waals surface area contributed by atoms with Gasteiger partial charge in [-0.2, -0.15) is 4.98 Å². The van der Waals surface area contributed by atoms with Gasteiger partial charge in [-0.05, 0) is 57.7 Å². The van der Waals surface area contributed by atoms with Crippen LogP contribution in [0.1, 0.15) is 44.1 Å². The molecule has 0 aromatic carbocycles. The van der Waals surface area contributed by atoms with E-state index < -0.39 is 0 Å². The lowest BCUT2D eigenvalue weighted by Gasteiger charge is -2.45. The van der Waals surface area contributed by atoms with Gasteiger partial charge < -0.3 is 14.8 Å². The third-order valence-electron chi connectivity index (χ3n) is 7.00. The summed E-state index contributed by atoms with van der Waals surface area (Å²) in [6.45, 7) is 5.04. The fourth-order valence-corrected chi connectivity index (χ4v) is 5.71. The number of hydrogen-bond donors (Lipinski definition) is 1. The number of anilines is 2. The second-order valence-corrected chi connectivity index (χ2v) is 10.6. The molecular weight excluding hydrogens is 450 g/mol. The van der Waals surface area contributed by atoms with Crippen molar-refractivity contribution in [3.8, 4) is 16.6 Å². The lowest BCUT2D eigenvalue weighted by molar-refractivity contribution is -0.140. The van der Waals surface area contributed by atoms with Crippen LogP contribution in [0.2, 0.25) is 0 Å². The zero-order chi connectivity index (χ0) is 22.8. The van der Waals surface area contributed by atoms with Crippen molar-refractivity contribution in [2.75, 3.05) is 31.6 Å². The van der Waals surface area contributed by atoms with Crippen molar-refractivity contribution in [2.24, 2.45) is 5.41 Å². The highest BCUT2D eigenvalue weighted by molar-refractivity contribution is 7.18. The minimum atomic E-state index is 0.172. The monoisotopic (exact) mass is 479 g/mol. The highest BCUT2D eigenvalue weighted by Gasteiger charge is 2.42. The summed E-state index contributed by atoms with van der Waals surface area (Å²) >= 11 is 1.51. The topological polar surface area (TPSA) is 98.2 Å². The Labute approximate surface area is 203 Å². The number of hydrogen-bond acceptors (Lipinski definition) is 10. The molecule has 1 N–H and O–H groups in total. The summed E-state index contributed by atoms with van der Waals surface area (Å²) in [5.41, 5.74) is 2.35. The highest BCUT2D eigenvalue weighted by Crippen LogP contribution is 2.43. The first-order chi connectivity index (χ1) is 16.7. The zero-order valence-electron chi connectivity index (χ0n) is 19.2. The Kier molecular flexibility index (Phi) is 6.11. The summed E-state index contributed by atoms with van der Waals surface area (Å²) in [5.74, 6) is 0.546. The van der Waals surface area contributed by atoms with Gasteiger partial charge in [0, 0.05) is 42.3 Å². The van der Waals surface area contributed by atoms with Crippen LogP contribution in [-0.2, 0) is 11.3 Å². The predicted octanol–water partition coefficient (Wildman–Crippen LogP) is 4.07. The predicted molar refractivity (Wildman–Crippen MR) is 129 cm³/mol. The van der Waals surface area contributed by atoms with Gasteiger partial charge in [0.2, 0.25) is 5.95 Å². The van der Waals surface area contributed by atoms with E-state index in [-0.39, 0.29) is 6.10 Å². The summed E-state index contributed by atoms with van der Waals surface area (Å²) in [7, 11) is 0. The standard InChI is InChI=1S/C24H29N7O2S/c1-2-10-31(9-1)14-17-11-26-21(27-12-17)30-23-28-13-20(34-23)19-5-8-25-22(29-19)33-18-3-6-24(7-4-18)15-32-16-24/h5,8,11-13,18H,1-4,6-7,9-10,14-16H2,(H,26,27,28,30). The van der Waals surface area contributed by atoms with Crippen LogP contribution in [0.3, 0.4) is 0 Å². The van der Waals surface area contributed by atoms with E-state index in [4.69, 9.17) is 9.47 Å². The molecule has 0 amide bonds. The van der Waals surface area contributed by atoms with E-state index in [0.717, 1.165) is 79.8 Å². The number of thiazole rings is 1. The van der Waals surface area contributed by atoms with Crippen LogP contribution in [0.25, 0.3) is 10.6 Å². The first-order valence-corrected chi connectivity index (χ1v) is 12.9. The molecule has 0 bridgehead atoms. The Balaban J connectivity index is 1.06. The van der Waals surface area contributed by atoms with Crippen LogP contribution >= 0.6 is 11.3 Å². The normalized spacial score (nSPS) is 20.4. The number of aromatic nitrogens is 5. The van der Waals surface area contributed by atoms with E-state index in [9.17, 15) is 0 Å². The molecule has 3 aromatic heterocycles. The smallest absolute Gasteiger partial charge is 0.317 e. The van der Waals surface area contributed by atoms with Crippen LogP contribution in [0.4, 0.5) is 11.1 Å². The Morgan fingerprint density at radius 3 is 2.59 bits per heavy atom. The van der Waals surface area contributed by atoms with Gasteiger partial charge in [0.1, 0.15) is 6.10 Å². The number of likely N-dealkylation sites (tertiary alicyclic amines) is 1. The molecule has 1 saturated carbocycles. The molecule has 5 heterocycles. The molecule has 0 radical (unpaired) electrons. The maximum atomic E-state index is 6.12. The molecular formula is C24H29N7O2S. The number of nitrogens with one attached hydrogen (secondary N) is 1. The minimum Gasteiger partial charge on any atom is -0.460 e. The minimum absolute atomic E-state index is 0.172. The van der Waals surface area contributed by atoms with Crippen molar-refractivity contribution in [3.63, 3.8) is 0 Å². The van der Waals surface area contributed by atoms with Crippen LogP contribution in [0.5, 0.6) is 6.01 Å². The SMILES string of the molecule is c1cc(-c2cnc(Nc3ncc(CN4CCCC4)cn3)s2)nc(OC2CCC3(CC2)COC3)n1. The largest absolute Gasteiger partial charge is 0.460 e. The summed E-state index contributed by atoms with van der Waals surface area (Å²) in [6, 6.07) is 2.32. The summed E-state index contributed by atoms with van der Waals surface area (Å²) in [5, 5.41) is 3.93. The fourth-order valence-electron chi connectivity index (χ4n) is 4.93. The van der Waals surface area contributed by atoms with Crippen molar-refractivity contribution in [1.82, 2.24) is 29.8 Å². The molecule has 0 unspecified atom stereocenters. The van der Waals surface area contributed by atoms with Gasteiger partial charge in [-0.15, -0.1) is 0 Å². The van der Waals surface area contributed by atoms with Gasteiger partial charge in [0.05, 0.1) is 23.8 Å². The van der Waals surface area contributed by atoms with Gasteiger partial charge >= 0.3 is 6.01 Å².